The van der Waals surface area contributed by atoms with E-state index in [-0.39, 0.29) is 18.1 Å². The van der Waals surface area contributed by atoms with Crippen LogP contribution in [-0.2, 0) is 12.6 Å². The molecule has 0 saturated carbocycles. The SMILES string of the molecule is Fc1cccn2nc([C@H]3c4nc[nH]c4CCN3c3nnc(C(F)(F)F)o3)cc12. The van der Waals surface area contributed by atoms with E-state index >= 15 is 0 Å². The highest BCUT2D eigenvalue weighted by Crippen LogP contribution is 2.38. The van der Waals surface area contributed by atoms with Crippen LogP contribution in [0.1, 0.15) is 29.0 Å². The Morgan fingerprint density at radius 1 is 1.25 bits per heavy atom. The molecule has 28 heavy (non-hydrogen) atoms. The third-order valence-electron chi connectivity index (χ3n) is 4.58. The average Bonchev–Trinajstić information content (AvgIpc) is 3.38. The Labute approximate surface area is 153 Å². The Balaban J connectivity index is 1.64. The van der Waals surface area contributed by atoms with E-state index in [0.29, 0.717) is 17.8 Å². The summed E-state index contributed by atoms with van der Waals surface area (Å²) in [4.78, 5) is 8.79. The highest BCUT2D eigenvalue weighted by Gasteiger charge is 2.41. The minimum absolute atomic E-state index is 0.238. The molecule has 1 atom stereocenters. The molecule has 5 rings (SSSR count). The number of anilines is 1. The smallest absolute Gasteiger partial charge is 0.399 e. The lowest BCUT2D eigenvalue weighted by Crippen LogP contribution is -2.37. The third-order valence-corrected chi connectivity index (χ3v) is 4.58. The number of hydrogen-bond donors (Lipinski definition) is 1. The van der Waals surface area contributed by atoms with Gasteiger partial charge in [-0.05, 0) is 18.2 Å². The van der Waals surface area contributed by atoms with Gasteiger partial charge in [0, 0.05) is 24.9 Å². The first kappa shape index (κ1) is 16.7. The van der Waals surface area contributed by atoms with Gasteiger partial charge in [0.1, 0.15) is 17.4 Å². The van der Waals surface area contributed by atoms with Crippen LogP contribution in [-0.4, -0.2) is 36.3 Å². The van der Waals surface area contributed by atoms with E-state index in [1.807, 2.05) is 0 Å². The predicted molar refractivity (Wildman–Crippen MR) is 85.9 cm³/mol. The highest BCUT2D eigenvalue weighted by molar-refractivity contribution is 5.52. The number of aromatic amines is 1. The zero-order valence-corrected chi connectivity index (χ0v) is 14.0. The molecule has 4 aromatic heterocycles. The summed E-state index contributed by atoms with van der Waals surface area (Å²) in [6, 6.07) is 3.32. The van der Waals surface area contributed by atoms with Gasteiger partial charge >= 0.3 is 18.1 Å². The van der Waals surface area contributed by atoms with Crippen LogP contribution in [0.25, 0.3) is 5.52 Å². The summed E-state index contributed by atoms with van der Waals surface area (Å²) in [7, 11) is 0. The van der Waals surface area contributed by atoms with Gasteiger partial charge in [-0.15, -0.1) is 5.10 Å². The monoisotopic (exact) mass is 393 g/mol. The molecule has 0 bridgehead atoms. The molecule has 0 fully saturated rings. The number of nitrogens with one attached hydrogen (secondary N) is 1. The number of imidazole rings is 1. The topological polar surface area (TPSA) is 88.1 Å². The number of H-pyrrole nitrogens is 1. The fourth-order valence-electron chi connectivity index (χ4n) is 3.36. The van der Waals surface area contributed by atoms with Gasteiger partial charge in [-0.25, -0.2) is 13.9 Å². The van der Waals surface area contributed by atoms with Gasteiger partial charge in [-0.2, -0.15) is 18.3 Å². The van der Waals surface area contributed by atoms with Crippen molar-refractivity contribution in [2.45, 2.75) is 18.6 Å². The van der Waals surface area contributed by atoms with E-state index in [1.54, 1.807) is 6.20 Å². The lowest BCUT2D eigenvalue weighted by Gasteiger charge is -2.32. The number of halogens is 4. The summed E-state index contributed by atoms with van der Waals surface area (Å²) >= 11 is 0. The molecule has 4 aromatic rings. The molecule has 0 aromatic carbocycles. The number of pyridine rings is 1. The second-order valence-corrected chi connectivity index (χ2v) is 6.25. The van der Waals surface area contributed by atoms with E-state index < -0.39 is 23.9 Å². The summed E-state index contributed by atoms with van der Waals surface area (Å²) in [5.74, 6) is -1.90. The number of nitrogens with zero attached hydrogens (tertiary/aromatic N) is 6. The van der Waals surface area contributed by atoms with Gasteiger partial charge < -0.3 is 14.3 Å². The molecule has 1 aliphatic heterocycles. The maximum absolute atomic E-state index is 14.1. The highest BCUT2D eigenvalue weighted by atomic mass is 19.4. The van der Waals surface area contributed by atoms with E-state index in [2.05, 4.69) is 25.3 Å². The van der Waals surface area contributed by atoms with Crippen LogP contribution in [0, 0.1) is 5.82 Å². The van der Waals surface area contributed by atoms with Crippen molar-refractivity contribution in [1.29, 1.82) is 0 Å². The molecule has 0 aliphatic carbocycles. The number of rotatable bonds is 2. The summed E-state index contributed by atoms with van der Waals surface area (Å²) in [5.41, 5.74) is 2.00. The molecule has 5 heterocycles. The van der Waals surface area contributed by atoms with Gasteiger partial charge in [-0.3, -0.25) is 0 Å². The Morgan fingerprint density at radius 2 is 2.11 bits per heavy atom. The Hall–Kier alpha value is -3.44. The molecule has 0 saturated heterocycles. The van der Waals surface area contributed by atoms with Crippen LogP contribution in [0.2, 0.25) is 0 Å². The lowest BCUT2D eigenvalue weighted by atomic mass is 10.0. The fraction of sp³-hybridized carbons (Fsp3) is 0.250. The fourth-order valence-corrected chi connectivity index (χ4v) is 3.36. The van der Waals surface area contributed by atoms with E-state index in [9.17, 15) is 17.6 Å². The normalized spacial score (nSPS) is 17.3. The summed E-state index contributed by atoms with van der Waals surface area (Å²) in [5, 5.41) is 11.0. The molecule has 1 aliphatic rings. The molecular weight excluding hydrogens is 382 g/mol. The van der Waals surface area contributed by atoms with Crippen LogP contribution < -0.4 is 4.90 Å². The van der Waals surface area contributed by atoms with E-state index in [0.717, 1.165) is 5.69 Å². The van der Waals surface area contributed by atoms with Gasteiger partial charge in [-0.1, -0.05) is 5.10 Å². The van der Waals surface area contributed by atoms with Crippen LogP contribution in [0.4, 0.5) is 23.6 Å². The summed E-state index contributed by atoms with van der Waals surface area (Å²) in [6.45, 7) is 0.287. The van der Waals surface area contributed by atoms with Crippen LogP contribution in [0.3, 0.4) is 0 Å². The lowest BCUT2D eigenvalue weighted by molar-refractivity contribution is -0.157. The quantitative estimate of drug-likeness (QED) is 0.527. The Morgan fingerprint density at radius 3 is 2.86 bits per heavy atom. The number of alkyl halides is 3. The molecule has 0 spiro atoms. The molecule has 0 unspecified atom stereocenters. The Kier molecular flexibility index (Phi) is 3.45. The van der Waals surface area contributed by atoms with Gasteiger partial charge in [0.05, 0.1) is 17.7 Å². The second-order valence-electron chi connectivity index (χ2n) is 6.25. The minimum atomic E-state index is -4.75. The molecule has 1 N–H and O–H groups in total. The summed E-state index contributed by atoms with van der Waals surface area (Å²) in [6.07, 6.45) is -1.20. The zero-order valence-electron chi connectivity index (χ0n) is 14.0. The van der Waals surface area contributed by atoms with Crippen molar-refractivity contribution in [2.75, 3.05) is 11.4 Å². The van der Waals surface area contributed by atoms with Crippen LogP contribution in [0.15, 0.2) is 35.1 Å². The molecular formula is C16H11F4N7O. The van der Waals surface area contributed by atoms with Crippen LogP contribution >= 0.6 is 0 Å². The number of aromatic nitrogens is 6. The molecule has 12 heteroatoms. The van der Waals surface area contributed by atoms with E-state index in [4.69, 9.17) is 4.42 Å². The standard InChI is InChI=1S/C16H11F4N7O/c17-8-2-1-4-27-11(8)6-10(25-27)13-12-9(21-7-22-12)3-5-26(13)15-24-23-14(28-15)16(18,19)20/h1-2,4,6-7,13H,3,5H2,(H,21,22)/t13-/m0/s1. The van der Waals surface area contributed by atoms with Crippen molar-refractivity contribution in [3.8, 4) is 0 Å². The van der Waals surface area contributed by atoms with Gasteiger partial charge in [0.25, 0.3) is 0 Å². The van der Waals surface area contributed by atoms with Crippen molar-refractivity contribution in [1.82, 2.24) is 29.8 Å². The summed E-state index contributed by atoms with van der Waals surface area (Å²) < 4.78 is 58.9. The van der Waals surface area contributed by atoms with Crippen molar-refractivity contribution in [2.24, 2.45) is 0 Å². The number of fused-ring (bicyclic) bond motifs is 2. The van der Waals surface area contributed by atoms with E-state index in [1.165, 1.54) is 33.9 Å². The largest absolute Gasteiger partial charge is 0.470 e. The second kappa shape index (κ2) is 5.78. The first-order chi connectivity index (χ1) is 13.4. The van der Waals surface area contributed by atoms with Gasteiger partial charge in [0.2, 0.25) is 0 Å². The van der Waals surface area contributed by atoms with Gasteiger partial charge in [0.15, 0.2) is 0 Å². The van der Waals surface area contributed by atoms with Crippen molar-refractivity contribution in [3.05, 3.63) is 59.5 Å². The maximum atomic E-state index is 14.1. The zero-order chi connectivity index (χ0) is 19.5. The molecule has 8 nitrogen and oxygen atoms in total. The van der Waals surface area contributed by atoms with Crippen molar-refractivity contribution in [3.63, 3.8) is 0 Å². The van der Waals surface area contributed by atoms with Crippen LogP contribution in [0.5, 0.6) is 0 Å². The Bertz CT molecular complexity index is 1160. The number of hydrogen-bond acceptors (Lipinski definition) is 6. The first-order valence-electron chi connectivity index (χ1n) is 8.25. The minimum Gasteiger partial charge on any atom is -0.399 e. The van der Waals surface area contributed by atoms with Crippen molar-refractivity contribution < 1.29 is 22.0 Å². The van der Waals surface area contributed by atoms with Crippen molar-refractivity contribution >= 4 is 11.5 Å². The predicted octanol–water partition coefficient (Wildman–Crippen LogP) is 2.75. The third kappa shape index (κ3) is 2.52. The molecule has 144 valence electrons. The first-order valence-corrected chi connectivity index (χ1v) is 8.25. The maximum Gasteiger partial charge on any atom is 0.470 e. The average molecular weight is 393 g/mol. The molecule has 0 amide bonds. The molecule has 0 radical (unpaired) electrons.